The predicted octanol–water partition coefficient (Wildman–Crippen LogP) is 5.13. The van der Waals surface area contributed by atoms with Gasteiger partial charge in [0.1, 0.15) is 12.4 Å². The molecule has 0 atom stereocenters. The molecule has 0 fully saturated rings. The maximum atomic E-state index is 12.3. The van der Waals surface area contributed by atoms with Crippen LogP contribution in [0.2, 0.25) is 0 Å². The molecule has 0 radical (unpaired) electrons. The molecule has 146 valence electrons. The van der Waals surface area contributed by atoms with Gasteiger partial charge in [-0.25, -0.2) is 0 Å². The highest BCUT2D eigenvalue weighted by Gasteiger charge is 2.14. The first-order valence-electron chi connectivity index (χ1n) is 8.54. The van der Waals surface area contributed by atoms with Gasteiger partial charge in [0.05, 0.1) is 11.4 Å². The van der Waals surface area contributed by atoms with E-state index in [2.05, 4.69) is 47.4 Å². The summed E-state index contributed by atoms with van der Waals surface area (Å²) in [6, 6.07) is 15.2. The highest BCUT2D eigenvalue weighted by atomic mass is 79.9. The van der Waals surface area contributed by atoms with E-state index < -0.39 is 0 Å². The standard InChI is InChI=1S/C19H18Br2N4O2S/c1-2-25-17(11-27-14-6-4-3-5-7-14)23-24-19(25)28-12-18(26)22-16-10-13(20)8-9-15(16)21/h3-10H,2,11-12H2,1H3,(H,22,26). The van der Waals surface area contributed by atoms with E-state index in [1.54, 1.807) is 0 Å². The molecule has 0 bridgehead atoms. The molecule has 0 aliphatic carbocycles. The maximum Gasteiger partial charge on any atom is 0.234 e. The van der Waals surface area contributed by atoms with E-state index in [1.165, 1.54) is 11.8 Å². The first-order chi connectivity index (χ1) is 13.6. The number of carbonyl (C=O) groups is 1. The minimum Gasteiger partial charge on any atom is -0.486 e. The average molecular weight is 526 g/mol. The minimum atomic E-state index is -0.114. The molecule has 1 N–H and O–H groups in total. The van der Waals surface area contributed by atoms with Crippen LogP contribution >= 0.6 is 43.6 Å². The molecule has 3 aromatic rings. The first-order valence-corrected chi connectivity index (χ1v) is 11.1. The summed E-state index contributed by atoms with van der Waals surface area (Å²) in [5.41, 5.74) is 0.717. The predicted molar refractivity (Wildman–Crippen MR) is 118 cm³/mol. The van der Waals surface area contributed by atoms with Gasteiger partial charge < -0.3 is 14.6 Å². The number of thioether (sulfide) groups is 1. The van der Waals surface area contributed by atoms with Crippen molar-refractivity contribution >= 4 is 55.2 Å². The summed E-state index contributed by atoms with van der Waals surface area (Å²) in [6.07, 6.45) is 0. The number of halogens is 2. The number of benzene rings is 2. The van der Waals surface area contributed by atoms with Crippen LogP contribution in [0.15, 0.2) is 62.6 Å². The zero-order chi connectivity index (χ0) is 19.9. The molecule has 6 nitrogen and oxygen atoms in total. The fraction of sp³-hybridized carbons (Fsp3) is 0.211. The molecule has 0 aliphatic heterocycles. The molecule has 0 spiro atoms. The molecule has 0 saturated heterocycles. The molecule has 0 saturated carbocycles. The third-order valence-corrected chi connectivity index (χ3v) is 5.91. The second kappa shape index (κ2) is 10.1. The summed E-state index contributed by atoms with van der Waals surface area (Å²) in [6.45, 7) is 3.03. The Balaban J connectivity index is 1.59. The van der Waals surface area contributed by atoms with Gasteiger partial charge in [-0.3, -0.25) is 4.79 Å². The van der Waals surface area contributed by atoms with Crippen LogP contribution in [0.3, 0.4) is 0 Å². The SMILES string of the molecule is CCn1c(COc2ccccc2)nnc1SCC(=O)Nc1cc(Br)ccc1Br. The van der Waals surface area contributed by atoms with Crippen LogP contribution in [-0.2, 0) is 17.9 Å². The van der Waals surface area contributed by atoms with Gasteiger partial charge in [0, 0.05) is 15.5 Å². The zero-order valence-electron chi connectivity index (χ0n) is 15.1. The van der Waals surface area contributed by atoms with Crippen LogP contribution in [0.5, 0.6) is 5.75 Å². The highest BCUT2D eigenvalue weighted by Crippen LogP contribution is 2.26. The van der Waals surface area contributed by atoms with E-state index in [0.717, 1.165) is 20.5 Å². The van der Waals surface area contributed by atoms with Crippen molar-refractivity contribution in [2.24, 2.45) is 0 Å². The lowest BCUT2D eigenvalue weighted by Gasteiger charge is -2.10. The summed E-state index contributed by atoms with van der Waals surface area (Å²) >= 11 is 8.19. The summed E-state index contributed by atoms with van der Waals surface area (Å²) in [5, 5.41) is 12.0. The topological polar surface area (TPSA) is 69.0 Å². The van der Waals surface area contributed by atoms with Gasteiger partial charge in [-0.2, -0.15) is 0 Å². The molecule has 28 heavy (non-hydrogen) atoms. The smallest absolute Gasteiger partial charge is 0.234 e. The minimum absolute atomic E-state index is 0.114. The van der Waals surface area contributed by atoms with Crippen molar-refractivity contribution in [3.8, 4) is 5.75 Å². The van der Waals surface area contributed by atoms with Crippen molar-refractivity contribution < 1.29 is 9.53 Å². The van der Waals surface area contributed by atoms with Gasteiger partial charge in [-0.05, 0) is 53.2 Å². The number of hydrogen-bond acceptors (Lipinski definition) is 5. The van der Waals surface area contributed by atoms with Crippen LogP contribution in [0, 0.1) is 0 Å². The lowest BCUT2D eigenvalue weighted by Crippen LogP contribution is -2.15. The Bertz CT molecular complexity index is 950. The average Bonchev–Trinajstić information content (AvgIpc) is 3.10. The van der Waals surface area contributed by atoms with E-state index in [9.17, 15) is 4.79 Å². The third-order valence-electron chi connectivity index (χ3n) is 3.76. The van der Waals surface area contributed by atoms with Crippen LogP contribution in [-0.4, -0.2) is 26.4 Å². The van der Waals surface area contributed by atoms with Crippen molar-refractivity contribution in [1.82, 2.24) is 14.8 Å². The van der Waals surface area contributed by atoms with Gasteiger partial charge in [0.15, 0.2) is 11.0 Å². The number of amides is 1. The van der Waals surface area contributed by atoms with Crippen molar-refractivity contribution in [3.63, 3.8) is 0 Å². The number of aromatic nitrogens is 3. The summed E-state index contributed by atoms with van der Waals surface area (Å²) in [5.74, 6) is 1.62. The Morgan fingerprint density at radius 1 is 1.18 bits per heavy atom. The molecule has 2 aromatic carbocycles. The lowest BCUT2D eigenvalue weighted by atomic mass is 10.3. The summed E-state index contributed by atoms with van der Waals surface area (Å²) in [7, 11) is 0. The molecule has 1 heterocycles. The van der Waals surface area contributed by atoms with Crippen LogP contribution in [0.1, 0.15) is 12.7 Å². The van der Waals surface area contributed by atoms with Gasteiger partial charge >= 0.3 is 0 Å². The van der Waals surface area contributed by atoms with Crippen molar-refractivity contribution in [3.05, 3.63) is 63.3 Å². The number of anilines is 1. The van der Waals surface area contributed by atoms with E-state index >= 15 is 0 Å². The largest absolute Gasteiger partial charge is 0.486 e. The Kier molecular flexibility index (Phi) is 7.52. The molecular formula is C19H18Br2N4O2S. The van der Waals surface area contributed by atoms with Crippen molar-refractivity contribution in [2.75, 3.05) is 11.1 Å². The number of hydrogen-bond donors (Lipinski definition) is 1. The number of para-hydroxylation sites is 1. The van der Waals surface area contributed by atoms with Crippen molar-refractivity contribution in [1.29, 1.82) is 0 Å². The van der Waals surface area contributed by atoms with Gasteiger partial charge in [-0.1, -0.05) is 45.9 Å². The third kappa shape index (κ3) is 5.59. The number of ether oxygens (including phenoxy) is 1. The first kappa shape index (κ1) is 20.9. The number of nitrogens with zero attached hydrogens (tertiary/aromatic N) is 3. The molecule has 0 unspecified atom stereocenters. The Hall–Kier alpha value is -1.84. The molecule has 9 heteroatoms. The van der Waals surface area contributed by atoms with E-state index in [1.807, 2.05) is 60.0 Å². The molecule has 1 amide bonds. The number of carbonyl (C=O) groups excluding carboxylic acids is 1. The van der Waals surface area contributed by atoms with E-state index in [-0.39, 0.29) is 11.7 Å². The van der Waals surface area contributed by atoms with Crippen LogP contribution in [0.4, 0.5) is 5.69 Å². The highest BCUT2D eigenvalue weighted by molar-refractivity contribution is 9.11. The van der Waals surface area contributed by atoms with Gasteiger partial charge in [0.2, 0.25) is 5.91 Å². The zero-order valence-corrected chi connectivity index (χ0v) is 19.1. The number of nitrogens with one attached hydrogen (secondary N) is 1. The van der Waals surface area contributed by atoms with Gasteiger partial charge in [0.25, 0.3) is 0 Å². The second-order valence-electron chi connectivity index (χ2n) is 5.71. The lowest BCUT2D eigenvalue weighted by molar-refractivity contribution is -0.113. The molecule has 0 aliphatic rings. The number of rotatable bonds is 8. The fourth-order valence-corrected chi connectivity index (χ4v) is 3.95. The molecule has 3 rings (SSSR count). The monoisotopic (exact) mass is 524 g/mol. The summed E-state index contributed by atoms with van der Waals surface area (Å²) < 4.78 is 9.43. The quantitative estimate of drug-likeness (QED) is 0.413. The molecule has 1 aromatic heterocycles. The second-order valence-corrected chi connectivity index (χ2v) is 8.42. The summed E-state index contributed by atoms with van der Waals surface area (Å²) in [4.78, 5) is 12.3. The van der Waals surface area contributed by atoms with Crippen LogP contribution < -0.4 is 10.1 Å². The Morgan fingerprint density at radius 2 is 1.96 bits per heavy atom. The van der Waals surface area contributed by atoms with E-state index in [4.69, 9.17) is 4.74 Å². The Morgan fingerprint density at radius 3 is 2.71 bits per heavy atom. The normalized spacial score (nSPS) is 10.7. The fourth-order valence-electron chi connectivity index (χ4n) is 2.42. The Labute approximate surface area is 184 Å². The maximum absolute atomic E-state index is 12.3. The van der Waals surface area contributed by atoms with E-state index in [0.29, 0.717) is 24.0 Å². The van der Waals surface area contributed by atoms with Crippen molar-refractivity contribution in [2.45, 2.75) is 25.2 Å². The van der Waals surface area contributed by atoms with Gasteiger partial charge in [-0.15, -0.1) is 10.2 Å². The molecular weight excluding hydrogens is 508 g/mol. The van der Waals surface area contributed by atoms with Crippen LogP contribution in [0.25, 0.3) is 0 Å².